The van der Waals surface area contributed by atoms with Crippen LogP contribution in [0.2, 0.25) is 0 Å². The molecule has 0 unspecified atom stereocenters. The van der Waals surface area contributed by atoms with E-state index in [2.05, 4.69) is 37.5 Å². The first-order valence-corrected chi connectivity index (χ1v) is 13.0. The molecule has 4 aromatic rings. The van der Waals surface area contributed by atoms with Crippen LogP contribution in [0, 0.1) is 35.3 Å². The minimum Gasteiger partial charge on any atom is -0.490 e. The third-order valence-electron chi connectivity index (χ3n) is 5.85. The Balaban J connectivity index is 1.45. The van der Waals surface area contributed by atoms with Gasteiger partial charge in [-0.05, 0) is 54.2 Å². The quantitative estimate of drug-likeness (QED) is 0.175. The van der Waals surface area contributed by atoms with E-state index in [0.29, 0.717) is 55.1 Å². The topological polar surface area (TPSA) is 118 Å². The van der Waals surface area contributed by atoms with Crippen molar-refractivity contribution < 1.29 is 18.3 Å². The van der Waals surface area contributed by atoms with Crippen LogP contribution in [0.25, 0.3) is 0 Å². The summed E-state index contributed by atoms with van der Waals surface area (Å²) in [6.45, 7) is 4.16. The van der Waals surface area contributed by atoms with Crippen molar-refractivity contribution in [1.29, 1.82) is 0 Å². The molecule has 0 saturated carbocycles. The number of rotatable bonds is 7. The smallest absolute Gasteiger partial charge is 0.204 e. The van der Waals surface area contributed by atoms with Crippen molar-refractivity contribution in [2.45, 2.75) is 17.0 Å². The Hall–Kier alpha value is -4.54. The molecular formula is C27H23F2N7O3S. The highest BCUT2D eigenvalue weighted by molar-refractivity contribution is 7.99. The van der Waals surface area contributed by atoms with E-state index in [1.165, 1.54) is 31.4 Å². The van der Waals surface area contributed by atoms with Crippen molar-refractivity contribution in [3.63, 3.8) is 0 Å². The summed E-state index contributed by atoms with van der Waals surface area (Å²) in [6, 6.07) is 10.4. The summed E-state index contributed by atoms with van der Waals surface area (Å²) < 4.78 is 40.6. The molecule has 2 aromatic carbocycles. The Labute approximate surface area is 232 Å². The number of nitrogens with zero attached hydrogens (tertiary/aromatic N) is 5. The minimum atomic E-state index is -0.820. The summed E-state index contributed by atoms with van der Waals surface area (Å²) in [7, 11) is 1.54. The van der Waals surface area contributed by atoms with E-state index in [-0.39, 0.29) is 21.3 Å². The van der Waals surface area contributed by atoms with E-state index in [1.807, 2.05) is 17.9 Å². The van der Waals surface area contributed by atoms with Crippen molar-refractivity contribution in [2.24, 2.45) is 5.18 Å². The lowest BCUT2D eigenvalue weighted by atomic mass is 10.1. The highest BCUT2D eigenvalue weighted by atomic mass is 32.2. The number of hydrogen-bond acceptors (Lipinski definition) is 10. The van der Waals surface area contributed by atoms with E-state index >= 15 is 4.39 Å². The van der Waals surface area contributed by atoms with Gasteiger partial charge in [0, 0.05) is 30.4 Å². The number of methoxy groups -OCH3 is 1. The Morgan fingerprint density at radius 2 is 1.98 bits per heavy atom. The van der Waals surface area contributed by atoms with Gasteiger partial charge in [0.05, 0.1) is 30.8 Å². The fourth-order valence-electron chi connectivity index (χ4n) is 3.92. The van der Waals surface area contributed by atoms with Crippen LogP contribution in [0.15, 0.2) is 57.7 Å². The van der Waals surface area contributed by atoms with Crippen LogP contribution in [0.1, 0.15) is 16.8 Å². The number of H-pyrrole nitrogens is 1. The molecule has 0 amide bonds. The molecule has 1 saturated heterocycles. The van der Waals surface area contributed by atoms with Gasteiger partial charge >= 0.3 is 0 Å². The molecule has 1 aliphatic heterocycles. The average molecular weight is 564 g/mol. The lowest BCUT2D eigenvalue weighted by molar-refractivity contribution is 0.122. The van der Waals surface area contributed by atoms with Gasteiger partial charge in [0.25, 0.3) is 0 Å². The largest absolute Gasteiger partial charge is 0.490 e. The van der Waals surface area contributed by atoms with Crippen molar-refractivity contribution in [3.05, 3.63) is 75.8 Å². The highest BCUT2D eigenvalue weighted by Crippen LogP contribution is 2.38. The molecule has 2 aromatic heterocycles. The predicted molar refractivity (Wildman–Crippen MR) is 147 cm³/mol. The molecule has 1 fully saturated rings. The molecule has 1 aliphatic rings. The van der Waals surface area contributed by atoms with Gasteiger partial charge in [-0.25, -0.2) is 18.7 Å². The molecule has 2 N–H and O–H groups in total. The number of halogens is 2. The number of benzene rings is 2. The third-order valence-corrected chi connectivity index (χ3v) is 6.76. The molecule has 204 valence electrons. The standard InChI is InChI=1S/C27H23F2N7O3S/c1-16-14-22(34-33-16)30-25-24(38-2)26(36-10-12-39-13-11-36)32-27(31-25)40-21-9-7-17(15-19(21)28)6-8-18-4-3-5-20(35-37)23(18)29/h3-5,7,9,14-15H,10-13H2,1-2H3,(H2,30,31,32,33,34). The Bertz CT molecular complexity index is 1610. The summed E-state index contributed by atoms with van der Waals surface area (Å²) in [4.78, 5) is 22.3. The molecule has 40 heavy (non-hydrogen) atoms. The zero-order valence-electron chi connectivity index (χ0n) is 21.5. The molecule has 10 nitrogen and oxygen atoms in total. The van der Waals surface area contributed by atoms with Gasteiger partial charge in [0.2, 0.25) is 5.75 Å². The molecule has 0 bridgehead atoms. The Morgan fingerprint density at radius 3 is 2.67 bits per heavy atom. The number of nitrogens with one attached hydrogen (secondary N) is 2. The zero-order valence-corrected chi connectivity index (χ0v) is 22.3. The Morgan fingerprint density at radius 1 is 1.15 bits per heavy atom. The molecule has 3 heterocycles. The first-order valence-electron chi connectivity index (χ1n) is 12.1. The van der Waals surface area contributed by atoms with Crippen LogP contribution >= 0.6 is 11.8 Å². The first kappa shape index (κ1) is 27.0. The Kier molecular flexibility index (Phi) is 8.18. The number of morpholine rings is 1. The summed E-state index contributed by atoms with van der Waals surface area (Å²) >= 11 is 1.04. The average Bonchev–Trinajstić information content (AvgIpc) is 3.38. The molecule has 0 radical (unpaired) electrons. The van der Waals surface area contributed by atoms with Crippen LogP contribution < -0.4 is 15.0 Å². The van der Waals surface area contributed by atoms with Crippen LogP contribution in [0.3, 0.4) is 0 Å². The number of aromatic amines is 1. The van der Waals surface area contributed by atoms with Crippen LogP contribution in [0.4, 0.5) is 31.9 Å². The predicted octanol–water partition coefficient (Wildman–Crippen LogP) is 5.32. The number of nitroso groups, excluding NO2 is 1. The fraction of sp³-hybridized carbons (Fsp3) is 0.222. The van der Waals surface area contributed by atoms with Crippen LogP contribution in [-0.4, -0.2) is 53.6 Å². The maximum absolute atomic E-state index is 15.2. The lowest BCUT2D eigenvalue weighted by Gasteiger charge is -2.29. The monoisotopic (exact) mass is 563 g/mol. The van der Waals surface area contributed by atoms with Crippen molar-refractivity contribution in [2.75, 3.05) is 43.6 Å². The zero-order chi connectivity index (χ0) is 28.1. The SMILES string of the molecule is COc1c(Nc2cc(C)[nH]n2)nc(Sc2ccc(C#Cc3cccc(N=O)c3F)cc2F)nc1N1CCOCC1. The van der Waals surface area contributed by atoms with E-state index in [0.717, 1.165) is 17.5 Å². The number of hydrogen-bond donors (Lipinski definition) is 2. The van der Waals surface area contributed by atoms with Gasteiger partial charge in [-0.3, -0.25) is 5.10 Å². The minimum absolute atomic E-state index is 0.00892. The van der Waals surface area contributed by atoms with E-state index in [4.69, 9.17) is 14.5 Å². The van der Waals surface area contributed by atoms with Gasteiger partial charge in [0.1, 0.15) is 11.5 Å². The summed E-state index contributed by atoms with van der Waals surface area (Å²) in [5.74, 6) is 5.87. The third kappa shape index (κ3) is 6.03. The molecule has 0 spiro atoms. The van der Waals surface area contributed by atoms with Crippen molar-refractivity contribution >= 4 is 34.9 Å². The van der Waals surface area contributed by atoms with Gasteiger partial charge in [0.15, 0.2) is 28.4 Å². The molecular weight excluding hydrogens is 540 g/mol. The van der Waals surface area contributed by atoms with Crippen LogP contribution in [0.5, 0.6) is 5.75 Å². The maximum Gasteiger partial charge on any atom is 0.204 e. The first-order chi connectivity index (χ1) is 19.4. The number of anilines is 3. The maximum atomic E-state index is 15.2. The normalized spacial score (nSPS) is 12.9. The molecule has 13 heteroatoms. The van der Waals surface area contributed by atoms with E-state index in [9.17, 15) is 9.30 Å². The number of aryl methyl sites for hydroxylation is 1. The van der Waals surface area contributed by atoms with Gasteiger partial charge in [-0.1, -0.05) is 17.9 Å². The van der Waals surface area contributed by atoms with Gasteiger partial charge < -0.3 is 19.7 Å². The number of ether oxygens (including phenoxy) is 2. The van der Waals surface area contributed by atoms with E-state index < -0.39 is 11.6 Å². The van der Waals surface area contributed by atoms with E-state index in [1.54, 1.807) is 12.1 Å². The summed E-state index contributed by atoms with van der Waals surface area (Å²) in [5.41, 5.74) is 0.841. The molecule has 0 atom stereocenters. The highest BCUT2D eigenvalue weighted by Gasteiger charge is 2.24. The van der Waals surface area contributed by atoms with Gasteiger partial charge in [-0.15, -0.1) is 4.91 Å². The summed E-state index contributed by atoms with van der Waals surface area (Å²) in [6.07, 6.45) is 0. The van der Waals surface area contributed by atoms with Gasteiger partial charge in [-0.2, -0.15) is 5.10 Å². The van der Waals surface area contributed by atoms with Crippen molar-refractivity contribution in [3.8, 4) is 17.6 Å². The molecule has 0 aliphatic carbocycles. The van der Waals surface area contributed by atoms with Crippen LogP contribution in [-0.2, 0) is 4.74 Å². The lowest BCUT2D eigenvalue weighted by Crippen LogP contribution is -2.37. The van der Waals surface area contributed by atoms with Crippen molar-refractivity contribution in [1.82, 2.24) is 20.2 Å². The fourth-order valence-corrected chi connectivity index (χ4v) is 4.67. The second-order valence-electron chi connectivity index (χ2n) is 8.60. The summed E-state index contributed by atoms with van der Waals surface area (Å²) in [5, 5.41) is 13.2. The second-order valence-corrected chi connectivity index (χ2v) is 9.61. The number of aromatic nitrogens is 4. The second kappa shape index (κ2) is 12.1. The molecule has 5 rings (SSSR count).